The van der Waals surface area contributed by atoms with Crippen molar-refractivity contribution in [1.29, 1.82) is 0 Å². The van der Waals surface area contributed by atoms with Crippen molar-refractivity contribution in [3.8, 4) is 0 Å². The maximum absolute atomic E-state index is 14.2. The van der Waals surface area contributed by atoms with E-state index in [4.69, 9.17) is 0 Å². The summed E-state index contributed by atoms with van der Waals surface area (Å²) >= 11 is 0. The van der Waals surface area contributed by atoms with Crippen molar-refractivity contribution >= 4 is 5.91 Å². The molecule has 0 fully saturated rings. The van der Waals surface area contributed by atoms with E-state index in [1.165, 1.54) is 6.07 Å². The van der Waals surface area contributed by atoms with Gasteiger partial charge >= 0.3 is 0 Å². The molecule has 0 saturated carbocycles. The number of nitrogens with zero attached hydrogens (tertiary/aromatic N) is 2. The average molecular weight is 272 g/mol. The lowest BCUT2D eigenvalue weighted by molar-refractivity contribution is -0.133. The molecule has 4 heteroatoms. The summed E-state index contributed by atoms with van der Waals surface area (Å²) < 4.78 is 16.3. The summed E-state index contributed by atoms with van der Waals surface area (Å²) in [7, 11) is 0. The second-order valence-electron chi connectivity index (χ2n) is 4.99. The van der Waals surface area contributed by atoms with E-state index in [9.17, 15) is 9.18 Å². The number of fused-ring (bicyclic) bond motifs is 1. The predicted molar refractivity (Wildman–Crippen MR) is 74.7 cm³/mol. The van der Waals surface area contributed by atoms with Crippen molar-refractivity contribution < 1.29 is 9.18 Å². The van der Waals surface area contributed by atoms with Crippen molar-refractivity contribution in [2.75, 3.05) is 6.54 Å². The Bertz CT molecular complexity index is 635. The van der Waals surface area contributed by atoms with Crippen LogP contribution in [0.3, 0.4) is 0 Å². The Labute approximate surface area is 117 Å². The third-order valence-corrected chi connectivity index (χ3v) is 3.86. The van der Waals surface area contributed by atoms with E-state index < -0.39 is 0 Å². The van der Waals surface area contributed by atoms with Gasteiger partial charge in [0.25, 0.3) is 0 Å². The van der Waals surface area contributed by atoms with Gasteiger partial charge in [0.1, 0.15) is 11.9 Å². The lowest BCUT2D eigenvalue weighted by Crippen LogP contribution is -2.42. The van der Waals surface area contributed by atoms with Crippen molar-refractivity contribution in [1.82, 2.24) is 9.47 Å². The van der Waals surface area contributed by atoms with Crippen molar-refractivity contribution in [3.63, 3.8) is 0 Å². The number of hydrogen-bond acceptors (Lipinski definition) is 1. The molecule has 0 saturated heterocycles. The highest BCUT2D eigenvalue weighted by molar-refractivity contribution is 5.77. The van der Waals surface area contributed by atoms with Crippen molar-refractivity contribution in [2.24, 2.45) is 0 Å². The van der Waals surface area contributed by atoms with Gasteiger partial charge in [-0.3, -0.25) is 4.79 Å². The molecule has 2 heterocycles. The highest BCUT2D eigenvalue weighted by Crippen LogP contribution is 2.33. The molecule has 0 bridgehead atoms. The molecule has 0 N–H and O–H groups in total. The van der Waals surface area contributed by atoms with Crippen LogP contribution in [0, 0.1) is 5.82 Å². The van der Waals surface area contributed by atoms with Crippen LogP contribution in [0.4, 0.5) is 4.39 Å². The van der Waals surface area contributed by atoms with Crippen molar-refractivity contribution in [2.45, 2.75) is 25.9 Å². The van der Waals surface area contributed by atoms with Gasteiger partial charge in [0.05, 0.1) is 0 Å². The molecule has 1 aliphatic rings. The second kappa shape index (κ2) is 5.12. The number of aromatic nitrogens is 1. The first-order valence-electron chi connectivity index (χ1n) is 6.91. The number of carbonyl (C=O) groups excluding carboxylic acids is 1. The van der Waals surface area contributed by atoms with Gasteiger partial charge in [0, 0.05) is 37.0 Å². The van der Waals surface area contributed by atoms with Gasteiger partial charge in [0.15, 0.2) is 0 Å². The van der Waals surface area contributed by atoms with E-state index in [2.05, 4.69) is 4.57 Å². The number of halogens is 1. The SMILES string of the molecule is CCC(=O)N1CCn2cccc2C1c1ccccc1F. The van der Waals surface area contributed by atoms with E-state index in [-0.39, 0.29) is 17.8 Å². The molecule has 2 aromatic rings. The molecule has 1 aromatic heterocycles. The first kappa shape index (κ1) is 12.9. The first-order valence-corrected chi connectivity index (χ1v) is 6.91. The van der Waals surface area contributed by atoms with Gasteiger partial charge in [-0.25, -0.2) is 4.39 Å². The quantitative estimate of drug-likeness (QED) is 0.825. The smallest absolute Gasteiger partial charge is 0.223 e. The van der Waals surface area contributed by atoms with Gasteiger partial charge in [-0.05, 0) is 18.2 Å². The van der Waals surface area contributed by atoms with Crippen LogP contribution in [0.2, 0.25) is 0 Å². The Morgan fingerprint density at radius 3 is 2.80 bits per heavy atom. The van der Waals surface area contributed by atoms with Crippen LogP contribution in [0.15, 0.2) is 42.6 Å². The monoisotopic (exact) mass is 272 g/mol. The number of hydrogen-bond donors (Lipinski definition) is 0. The van der Waals surface area contributed by atoms with Gasteiger partial charge in [0.2, 0.25) is 5.91 Å². The number of amides is 1. The lowest BCUT2D eigenvalue weighted by atomic mass is 9.99. The standard InChI is InChI=1S/C16H17FN2O/c1-2-15(20)19-11-10-18-9-5-8-14(18)16(19)12-6-3-4-7-13(12)17/h3-9,16H,2,10-11H2,1H3. The molecule has 1 amide bonds. The Hall–Kier alpha value is -2.10. The summed E-state index contributed by atoms with van der Waals surface area (Å²) in [6.07, 6.45) is 2.42. The van der Waals surface area contributed by atoms with Crippen LogP contribution in [0.25, 0.3) is 0 Å². The molecule has 0 aliphatic carbocycles. The van der Waals surface area contributed by atoms with Crippen LogP contribution in [-0.2, 0) is 11.3 Å². The zero-order valence-electron chi connectivity index (χ0n) is 11.4. The Kier molecular flexibility index (Phi) is 3.30. The van der Waals surface area contributed by atoms with E-state index in [1.807, 2.05) is 31.3 Å². The summed E-state index contributed by atoms with van der Waals surface area (Å²) in [5.41, 5.74) is 1.54. The summed E-state index contributed by atoms with van der Waals surface area (Å²) in [4.78, 5) is 14.0. The zero-order valence-corrected chi connectivity index (χ0v) is 11.4. The van der Waals surface area contributed by atoms with Gasteiger partial charge in [-0.1, -0.05) is 25.1 Å². The fourth-order valence-corrected chi connectivity index (χ4v) is 2.88. The van der Waals surface area contributed by atoms with Crippen LogP contribution in [0.5, 0.6) is 0 Å². The minimum absolute atomic E-state index is 0.0608. The fourth-order valence-electron chi connectivity index (χ4n) is 2.88. The Morgan fingerprint density at radius 1 is 1.25 bits per heavy atom. The molecular formula is C16H17FN2O. The third-order valence-electron chi connectivity index (χ3n) is 3.86. The molecule has 104 valence electrons. The first-order chi connectivity index (χ1) is 9.72. The number of carbonyl (C=O) groups is 1. The second-order valence-corrected chi connectivity index (χ2v) is 4.99. The summed E-state index contributed by atoms with van der Waals surface area (Å²) in [5.74, 6) is -0.202. The van der Waals surface area contributed by atoms with Crippen LogP contribution < -0.4 is 0 Å². The minimum Gasteiger partial charge on any atom is -0.348 e. The molecule has 1 aliphatic heterocycles. The molecule has 0 radical (unpaired) electrons. The largest absolute Gasteiger partial charge is 0.348 e. The topological polar surface area (TPSA) is 25.2 Å². The molecule has 3 nitrogen and oxygen atoms in total. The normalized spacial score (nSPS) is 17.9. The maximum Gasteiger partial charge on any atom is 0.223 e. The zero-order chi connectivity index (χ0) is 14.1. The molecule has 1 atom stereocenters. The summed E-state index contributed by atoms with van der Waals surface area (Å²) in [6.45, 7) is 3.22. The molecule has 1 unspecified atom stereocenters. The van der Waals surface area contributed by atoms with Gasteiger partial charge < -0.3 is 9.47 Å². The fraction of sp³-hybridized carbons (Fsp3) is 0.312. The Morgan fingerprint density at radius 2 is 2.05 bits per heavy atom. The molecule has 3 rings (SSSR count). The van der Waals surface area contributed by atoms with E-state index in [0.717, 1.165) is 12.2 Å². The van der Waals surface area contributed by atoms with E-state index in [1.54, 1.807) is 17.0 Å². The molecular weight excluding hydrogens is 255 g/mol. The summed E-state index contributed by atoms with van der Waals surface area (Å²) in [5, 5.41) is 0. The molecule has 0 spiro atoms. The van der Waals surface area contributed by atoms with Crippen LogP contribution in [-0.4, -0.2) is 21.9 Å². The maximum atomic E-state index is 14.2. The van der Waals surface area contributed by atoms with E-state index >= 15 is 0 Å². The number of benzene rings is 1. The third kappa shape index (κ3) is 2.01. The Balaban J connectivity index is 2.12. The van der Waals surface area contributed by atoms with Crippen LogP contribution >= 0.6 is 0 Å². The molecule has 1 aromatic carbocycles. The van der Waals surface area contributed by atoms with E-state index in [0.29, 0.717) is 18.5 Å². The highest BCUT2D eigenvalue weighted by Gasteiger charge is 2.32. The van der Waals surface area contributed by atoms with Gasteiger partial charge in [-0.2, -0.15) is 0 Å². The molecule has 20 heavy (non-hydrogen) atoms. The summed E-state index contributed by atoms with van der Waals surface area (Å²) in [6, 6.07) is 10.3. The van der Waals surface area contributed by atoms with Crippen LogP contribution in [0.1, 0.15) is 30.6 Å². The lowest BCUT2D eigenvalue weighted by Gasteiger charge is -2.37. The minimum atomic E-state index is -0.326. The highest BCUT2D eigenvalue weighted by atomic mass is 19.1. The van der Waals surface area contributed by atoms with Gasteiger partial charge in [-0.15, -0.1) is 0 Å². The average Bonchev–Trinajstić information content (AvgIpc) is 2.94. The predicted octanol–water partition coefficient (Wildman–Crippen LogP) is 2.97. The number of rotatable bonds is 2. The van der Waals surface area contributed by atoms with Crippen molar-refractivity contribution in [3.05, 3.63) is 59.7 Å².